The molecule has 0 saturated heterocycles. The van der Waals surface area contributed by atoms with Gasteiger partial charge in [0.2, 0.25) is 5.91 Å². The van der Waals surface area contributed by atoms with Gasteiger partial charge in [0.25, 0.3) is 5.91 Å². The van der Waals surface area contributed by atoms with E-state index in [0.29, 0.717) is 5.56 Å². The molecule has 0 aromatic heterocycles. The molecule has 23 heavy (non-hydrogen) atoms. The zero-order valence-corrected chi connectivity index (χ0v) is 12.3. The maximum Gasteiger partial charge on any atom is 0.251 e. The molecule has 118 valence electrons. The molecule has 2 rings (SSSR count). The normalized spacial score (nSPS) is 10.5. The molecule has 5 nitrogen and oxygen atoms in total. The van der Waals surface area contributed by atoms with Crippen LogP contribution in [0, 0.1) is 5.82 Å². The SMILES string of the molecule is O=C(CCNC(=O)c1ccccc1)N/N=C\c1ccccc1F. The van der Waals surface area contributed by atoms with Crippen LogP contribution in [0.15, 0.2) is 59.7 Å². The number of nitrogens with one attached hydrogen (secondary N) is 2. The number of carbonyl (C=O) groups is 2. The molecular formula is C17H16FN3O2. The maximum atomic E-state index is 13.3. The molecule has 0 bridgehead atoms. The van der Waals surface area contributed by atoms with Gasteiger partial charge in [0.1, 0.15) is 5.82 Å². The minimum absolute atomic E-state index is 0.0766. The molecule has 0 aliphatic heterocycles. The van der Waals surface area contributed by atoms with Crippen LogP contribution in [-0.4, -0.2) is 24.6 Å². The van der Waals surface area contributed by atoms with Crippen LogP contribution in [-0.2, 0) is 4.79 Å². The molecule has 0 spiro atoms. The average Bonchev–Trinajstić information content (AvgIpc) is 2.57. The molecule has 2 aromatic carbocycles. The highest BCUT2D eigenvalue weighted by atomic mass is 19.1. The van der Waals surface area contributed by atoms with Crippen LogP contribution in [0.4, 0.5) is 4.39 Å². The quantitative estimate of drug-likeness (QED) is 0.633. The van der Waals surface area contributed by atoms with Gasteiger partial charge in [0.15, 0.2) is 0 Å². The largest absolute Gasteiger partial charge is 0.352 e. The van der Waals surface area contributed by atoms with E-state index in [0.717, 1.165) is 0 Å². The second-order valence-electron chi connectivity index (χ2n) is 4.69. The third kappa shape index (κ3) is 5.35. The zero-order chi connectivity index (χ0) is 16.5. The van der Waals surface area contributed by atoms with Gasteiger partial charge in [-0.25, -0.2) is 9.82 Å². The second-order valence-corrected chi connectivity index (χ2v) is 4.69. The van der Waals surface area contributed by atoms with E-state index >= 15 is 0 Å². The van der Waals surface area contributed by atoms with E-state index in [1.54, 1.807) is 42.5 Å². The van der Waals surface area contributed by atoms with Gasteiger partial charge in [0, 0.05) is 24.1 Å². The molecule has 2 N–H and O–H groups in total. The standard InChI is InChI=1S/C17H16FN3O2/c18-15-9-5-4-8-14(15)12-20-21-16(22)10-11-19-17(23)13-6-2-1-3-7-13/h1-9,12H,10-11H2,(H,19,23)(H,21,22)/b20-12-. The Morgan fingerprint density at radius 2 is 1.74 bits per heavy atom. The van der Waals surface area contributed by atoms with Gasteiger partial charge in [-0.3, -0.25) is 9.59 Å². The molecule has 0 aliphatic carbocycles. The monoisotopic (exact) mass is 313 g/mol. The van der Waals surface area contributed by atoms with Gasteiger partial charge in [0.05, 0.1) is 6.21 Å². The first-order chi connectivity index (χ1) is 11.2. The Morgan fingerprint density at radius 1 is 1.04 bits per heavy atom. The van der Waals surface area contributed by atoms with E-state index in [-0.39, 0.29) is 30.3 Å². The summed E-state index contributed by atoms with van der Waals surface area (Å²) in [7, 11) is 0. The van der Waals surface area contributed by atoms with Gasteiger partial charge in [-0.15, -0.1) is 0 Å². The number of rotatable bonds is 6. The third-order valence-corrected chi connectivity index (χ3v) is 2.97. The van der Waals surface area contributed by atoms with Gasteiger partial charge < -0.3 is 5.32 Å². The summed E-state index contributed by atoms with van der Waals surface area (Å²) >= 11 is 0. The zero-order valence-electron chi connectivity index (χ0n) is 12.3. The smallest absolute Gasteiger partial charge is 0.251 e. The van der Waals surface area contributed by atoms with Gasteiger partial charge in [-0.2, -0.15) is 5.10 Å². The van der Waals surface area contributed by atoms with E-state index in [2.05, 4.69) is 15.8 Å². The summed E-state index contributed by atoms with van der Waals surface area (Å²) in [5, 5.41) is 6.32. The Labute approximate surface area is 133 Å². The molecule has 0 radical (unpaired) electrons. The fraction of sp³-hybridized carbons (Fsp3) is 0.118. The first-order valence-corrected chi connectivity index (χ1v) is 7.06. The van der Waals surface area contributed by atoms with Crippen molar-refractivity contribution in [2.45, 2.75) is 6.42 Å². The van der Waals surface area contributed by atoms with Crippen LogP contribution >= 0.6 is 0 Å². The second kappa shape index (κ2) is 8.43. The Bertz CT molecular complexity index is 702. The Morgan fingerprint density at radius 3 is 2.48 bits per heavy atom. The van der Waals surface area contributed by atoms with Crippen LogP contribution in [0.3, 0.4) is 0 Å². The van der Waals surface area contributed by atoms with Crippen molar-refractivity contribution in [2.75, 3.05) is 6.54 Å². The van der Waals surface area contributed by atoms with Crippen molar-refractivity contribution in [3.8, 4) is 0 Å². The van der Waals surface area contributed by atoms with Crippen LogP contribution in [0.25, 0.3) is 0 Å². The minimum atomic E-state index is -0.416. The first-order valence-electron chi connectivity index (χ1n) is 7.06. The summed E-state index contributed by atoms with van der Waals surface area (Å²) in [6, 6.07) is 14.8. The van der Waals surface area contributed by atoms with Gasteiger partial charge in [-0.05, 0) is 18.2 Å². The van der Waals surface area contributed by atoms with Crippen LogP contribution in [0.1, 0.15) is 22.3 Å². The number of nitrogens with zero attached hydrogens (tertiary/aromatic N) is 1. The molecule has 0 atom stereocenters. The molecule has 0 heterocycles. The van der Waals surface area contributed by atoms with Crippen molar-refractivity contribution in [2.24, 2.45) is 5.10 Å². The van der Waals surface area contributed by atoms with Crippen molar-refractivity contribution in [3.63, 3.8) is 0 Å². The minimum Gasteiger partial charge on any atom is -0.352 e. The highest BCUT2D eigenvalue weighted by Crippen LogP contribution is 2.02. The lowest BCUT2D eigenvalue weighted by Crippen LogP contribution is -2.28. The van der Waals surface area contributed by atoms with E-state index in [1.165, 1.54) is 12.3 Å². The average molecular weight is 313 g/mol. The lowest BCUT2D eigenvalue weighted by atomic mass is 10.2. The van der Waals surface area contributed by atoms with Crippen molar-refractivity contribution in [3.05, 3.63) is 71.5 Å². The third-order valence-electron chi connectivity index (χ3n) is 2.97. The summed E-state index contributed by atoms with van der Waals surface area (Å²) in [6.07, 6.45) is 1.31. The molecule has 0 fully saturated rings. The first kappa shape index (κ1) is 16.4. The summed E-state index contributed by atoms with van der Waals surface area (Å²) in [5.41, 5.74) is 3.10. The highest BCUT2D eigenvalue weighted by Gasteiger charge is 2.05. The number of carbonyl (C=O) groups excluding carboxylic acids is 2. The fourth-order valence-corrected chi connectivity index (χ4v) is 1.79. The molecule has 6 heteroatoms. The summed E-state index contributed by atoms with van der Waals surface area (Å²) in [4.78, 5) is 23.3. The van der Waals surface area contributed by atoms with Gasteiger partial charge >= 0.3 is 0 Å². The number of halogens is 1. The Hall–Kier alpha value is -3.02. The molecule has 0 aliphatic rings. The van der Waals surface area contributed by atoms with E-state index in [9.17, 15) is 14.0 Å². The predicted molar refractivity (Wildman–Crippen MR) is 85.5 cm³/mol. The number of hydrogen-bond acceptors (Lipinski definition) is 3. The molecule has 0 unspecified atom stereocenters. The highest BCUT2D eigenvalue weighted by molar-refractivity contribution is 5.94. The molecule has 0 saturated carbocycles. The van der Waals surface area contributed by atoms with E-state index < -0.39 is 5.82 Å². The van der Waals surface area contributed by atoms with Gasteiger partial charge in [-0.1, -0.05) is 36.4 Å². The summed E-state index contributed by atoms with van der Waals surface area (Å²) in [5.74, 6) is -1.03. The number of hydrazone groups is 1. The van der Waals surface area contributed by atoms with E-state index in [1.807, 2.05) is 6.07 Å². The Balaban J connectivity index is 1.71. The molecular weight excluding hydrogens is 297 g/mol. The summed E-state index contributed by atoms with van der Waals surface area (Å²) < 4.78 is 13.3. The van der Waals surface area contributed by atoms with E-state index in [4.69, 9.17) is 0 Å². The number of amides is 2. The van der Waals surface area contributed by atoms with Crippen molar-refractivity contribution in [1.29, 1.82) is 0 Å². The van der Waals surface area contributed by atoms with Crippen molar-refractivity contribution in [1.82, 2.24) is 10.7 Å². The lowest BCUT2D eigenvalue weighted by molar-refractivity contribution is -0.120. The van der Waals surface area contributed by atoms with Crippen molar-refractivity contribution >= 4 is 18.0 Å². The maximum absolute atomic E-state index is 13.3. The van der Waals surface area contributed by atoms with Crippen LogP contribution in [0.2, 0.25) is 0 Å². The van der Waals surface area contributed by atoms with Crippen LogP contribution < -0.4 is 10.7 Å². The lowest BCUT2D eigenvalue weighted by Gasteiger charge is -2.04. The summed E-state index contributed by atoms with van der Waals surface area (Å²) in [6.45, 7) is 0.189. The number of hydrogen-bond donors (Lipinski definition) is 2. The Kier molecular flexibility index (Phi) is 5.99. The number of benzene rings is 2. The predicted octanol–water partition coefficient (Wildman–Crippen LogP) is 2.10. The van der Waals surface area contributed by atoms with Crippen molar-refractivity contribution < 1.29 is 14.0 Å². The fourth-order valence-electron chi connectivity index (χ4n) is 1.79. The topological polar surface area (TPSA) is 70.6 Å². The molecule has 2 aromatic rings. The van der Waals surface area contributed by atoms with Crippen LogP contribution in [0.5, 0.6) is 0 Å². The molecule has 2 amide bonds.